The Morgan fingerprint density at radius 1 is 1.54 bits per heavy atom. The lowest BCUT2D eigenvalue weighted by Gasteiger charge is -2.13. The molecule has 0 radical (unpaired) electrons. The summed E-state index contributed by atoms with van der Waals surface area (Å²) in [5.74, 6) is 0.825. The average molecular weight is 177 g/mol. The van der Waals surface area contributed by atoms with E-state index < -0.39 is 0 Å². The molecule has 1 aliphatic carbocycles. The van der Waals surface area contributed by atoms with Gasteiger partial charge in [0.05, 0.1) is 5.69 Å². The first-order chi connectivity index (χ1) is 6.09. The molecule has 3 nitrogen and oxygen atoms in total. The van der Waals surface area contributed by atoms with Crippen molar-refractivity contribution in [2.45, 2.75) is 32.2 Å². The number of nitrogens with two attached hydrogens (primary N) is 1. The molecule has 0 saturated heterocycles. The molecule has 3 heteroatoms. The van der Waals surface area contributed by atoms with Crippen molar-refractivity contribution in [1.82, 2.24) is 4.98 Å². The van der Waals surface area contributed by atoms with Gasteiger partial charge in [-0.3, -0.25) is 0 Å². The minimum atomic E-state index is 0.246. The van der Waals surface area contributed by atoms with Crippen LogP contribution in [-0.2, 0) is 0 Å². The molecule has 0 amide bonds. The second kappa shape index (κ2) is 2.62. The molecule has 3 N–H and O–H groups in total. The highest BCUT2D eigenvalue weighted by Gasteiger charge is 2.37. The number of pyridine rings is 1. The van der Waals surface area contributed by atoms with E-state index in [1.165, 1.54) is 12.8 Å². The molecule has 0 aromatic carbocycles. The maximum Gasteiger partial charge on any atom is 0.149 e. The van der Waals surface area contributed by atoms with E-state index in [1.807, 2.05) is 19.2 Å². The van der Waals surface area contributed by atoms with E-state index in [9.17, 15) is 0 Å². The van der Waals surface area contributed by atoms with Gasteiger partial charge in [-0.2, -0.15) is 0 Å². The van der Waals surface area contributed by atoms with Crippen molar-refractivity contribution in [3.63, 3.8) is 0 Å². The van der Waals surface area contributed by atoms with Gasteiger partial charge in [-0.1, -0.05) is 0 Å². The Hall–Kier alpha value is -1.25. The highest BCUT2D eigenvalue weighted by atomic mass is 15.1. The van der Waals surface area contributed by atoms with E-state index in [0.29, 0.717) is 0 Å². The van der Waals surface area contributed by atoms with Gasteiger partial charge < -0.3 is 11.1 Å². The lowest BCUT2D eigenvalue weighted by atomic mass is 10.2. The van der Waals surface area contributed by atoms with Gasteiger partial charge in [0.15, 0.2) is 0 Å². The molecule has 1 aromatic rings. The van der Waals surface area contributed by atoms with E-state index >= 15 is 0 Å². The Morgan fingerprint density at radius 2 is 2.23 bits per heavy atom. The normalized spacial score (nSPS) is 18.3. The quantitative estimate of drug-likeness (QED) is 0.725. The molecular formula is C10H15N3. The molecule has 1 aliphatic rings. The highest BCUT2D eigenvalue weighted by Crippen LogP contribution is 2.38. The summed E-state index contributed by atoms with van der Waals surface area (Å²) in [6, 6.07) is 1.95. The third kappa shape index (κ3) is 1.74. The summed E-state index contributed by atoms with van der Waals surface area (Å²) < 4.78 is 0. The maximum atomic E-state index is 5.83. The monoisotopic (exact) mass is 177 g/mol. The van der Waals surface area contributed by atoms with Crippen molar-refractivity contribution in [3.05, 3.63) is 17.8 Å². The number of nitrogens with one attached hydrogen (secondary N) is 1. The summed E-state index contributed by atoms with van der Waals surface area (Å²) in [5.41, 5.74) is 7.92. The van der Waals surface area contributed by atoms with Gasteiger partial charge in [0.25, 0.3) is 0 Å². The van der Waals surface area contributed by atoms with Crippen LogP contribution < -0.4 is 11.1 Å². The molecule has 70 valence electrons. The van der Waals surface area contributed by atoms with Crippen LogP contribution in [0.25, 0.3) is 0 Å². The summed E-state index contributed by atoms with van der Waals surface area (Å²) in [6.07, 6.45) is 4.26. The van der Waals surface area contributed by atoms with E-state index in [-0.39, 0.29) is 5.54 Å². The number of hydrogen-bond acceptors (Lipinski definition) is 3. The molecule has 1 aromatic heterocycles. The summed E-state index contributed by atoms with van der Waals surface area (Å²) in [5, 5.41) is 3.35. The van der Waals surface area contributed by atoms with E-state index in [0.717, 1.165) is 17.1 Å². The number of rotatable bonds is 2. The molecule has 0 aliphatic heterocycles. The summed E-state index contributed by atoms with van der Waals surface area (Å²) in [7, 11) is 0. The van der Waals surface area contributed by atoms with Gasteiger partial charge in [0.1, 0.15) is 5.82 Å². The molecular weight excluding hydrogens is 162 g/mol. The third-order valence-corrected chi connectivity index (χ3v) is 2.47. The van der Waals surface area contributed by atoms with Gasteiger partial charge in [-0.15, -0.1) is 0 Å². The van der Waals surface area contributed by atoms with Crippen LogP contribution in [-0.4, -0.2) is 10.5 Å². The molecule has 0 bridgehead atoms. The first-order valence-corrected chi connectivity index (χ1v) is 4.59. The number of anilines is 2. The fourth-order valence-electron chi connectivity index (χ4n) is 1.29. The van der Waals surface area contributed by atoms with Crippen molar-refractivity contribution >= 4 is 11.5 Å². The van der Waals surface area contributed by atoms with Gasteiger partial charge in [-0.25, -0.2) is 4.98 Å². The zero-order valence-electron chi connectivity index (χ0n) is 8.09. The number of hydrogen-bond donors (Lipinski definition) is 2. The van der Waals surface area contributed by atoms with Gasteiger partial charge in [0, 0.05) is 11.7 Å². The second-order valence-electron chi connectivity index (χ2n) is 4.14. The summed E-state index contributed by atoms with van der Waals surface area (Å²) in [4.78, 5) is 4.27. The lowest BCUT2D eigenvalue weighted by molar-refractivity contribution is 0.821. The SMILES string of the molecule is Cc1cnc(NC2(C)CC2)c(N)c1. The molecule has 2 rings (SSSR count). The van der Waals surface area contributed by atoms with E-state index in [2.05, 4.69) is 17.2 Å². The largest absolute Gasteiger partial charge is 0.396 e. The molecule has 1 fully saturated rings. The van der Waals surface area contributed by atoms with Crippen LogP contribution in [0.1, 0.15) is 25.3 Å². The van der Waals surface area contributed by atoms with Crippen LogP contribution in [0.5, 0.6) is 0 Å². The molecule has 0 spiro atoms. The zero-order chi connectivity index (χ0) is 9.47. The summed E-state index contributed by atoms with van der Waals surface area (Å²) >= 11 is 0. The van der Waals surface area contributed by atoms with Crippen molar-refractivity contribution in [2.24, 2.45) is 0 Å². The topological polar surface area (TPSA) is 50.9 Å². The second-order valence-corrected chi connectivity index (χ2v) is 4.14. The Bertz CT molecular complexity index is 329. The fraction of sp³-hybridized carbons (Fsp3) is 0.500. The van der Waals surface area contributed by atoms with Crippen LogP contribution in [0.4, 0.5) is 11.5 Å². The minimum Gasteiger partial charge on any atom is -0.396 e. The minimum absolute atomic E-state index is 0.246. The van der Waals surface area contributed by atoms with Crippen LogP contribution in [0.3, 0.4) is 0 Å². The average Bonchev–Trinajstić information content (AvgIpc) is 2.75. The number of nitrogen functional groups attached to an aromatic ring is 1. The highest BCUT2D eigenvalue weighted by molar-refractivity contribution is 5.63. The number of aryl methyl sites for hydroxylation is 1. The van der Waals surface area contributed by atoms with Crippen molar-refractivity contribution in [2.75, 3.05) is 11.1 Å². The Balaban J connectivity index is 2.20. The first-order valence-electron chi connectivity index (χ1n) is 4.59. The molecule has 13 heavy (non-hydrogen) atoms. The predicted molar refractivity (Wildman–Crippen MR) is 54.6 cm³/mol. The van der Waals surface area contributed by atoms with Crippen molar-refractivity contribution in [3.8, 4) is 0 Å². The summed E-state index contributed by atoms with van der Waals surface area (Å²) in [6.45, 7) is 4.18. The molecule has 0 unspecified atom stereocenters. The Labute approximate surface area is 78.4 Å². The lowest BCUT2D eigenvalue weighted by Crippen LogP contribution is -2.18. The van der Waals surface area contributed by atoms with Gasteiger partial charge in [0.2, 0.25) is 0 Å². The maximum absolute atomic E-state index is 5.83. The standard InChI is InChI=1S/C10H15N3/c1-7-5-8(11)9(12-6-7)13-10(2)3-4-10/h5-6H,3-4,11H2,1-2H3,(H,12,13). The smallest absolute Gasteiger partial charge is 0.149 e. The predicted octanol–water partition coefficient (Wildman–Crippen LogP) is 1.94. The van der Waals surface area contributed by atoms with E-state index in [4.69, 9.17) is 5.73 Å². The van der Waals surface area contributed by atoms with Gasteiger partial charge >= 0.3 is 0 Å². The first kappa shape index (κ1) is 8.35. The van der Waals surface area contributed by atoms with Gasteiger partial charge in [-0.05, 0) is 38.3 Å². The number of nitrogens with zero attached hydrogens (tertiary/aromatic N) is 1. The zero-order valence-corrected chi connectivity index (χ0v) is 8.09. The molecule has 1 saturated carbocycles. The van der Waals surface area contributed by atoms with Crippen LogP contribution in [0.15, 0.2) is 12.3 Å². The Kier molecular flexibility index (Phi) is 1.68. The van der Waals surface area contributed by atoms with E-state index in [1.54, 1.807) is 0 Å². The number of aromatic nitrogens is 1. The fourth-order valence-corrected chi connectivity index (χ4v) is 1.29. The van der Waals surface area contributed by atoms with Crippen LogP contribution in [0, 0.1) is 6.92 Å². The Morgan fingerprint density at radius 3 is 2.77 bits per heavy atom. The molecule has 0 atom stereocenters. The van der Waals surface area contributed by atoms with Crippen molar-refractivity contribution in [1.29, 1.82) is 0 Å². The van der Waals surface area contributed by atoms with Crippen LogP contribution in [0.2, 0.25) is 0 Å². The third-order valence-electron chi connectivity index (χ3n) is 2.47. The molecule has 1 heterocycles. The van der Waals surface area contributed by atoms with Crippen LogP contribution >= 0.6 is 0 Å². The van der Waals surface area contributed by atoms with Crippen molar-refractivity contribution < 1.29 is 0 Å².